The van der Waals surface area contributed by atoms with Crippen molar-refractivity contribution in [1.29, 1.82) is 0 Å². The van der Waals surface area contributed by atoms with E-state index in [-0.39, 0.29) is 22.8 Å². The number of aromatic nitrogens is 3. The Morgan fingerprint density at radius 3 is 2.40 bits per heavy atom. The Labute approximate surface area is 166 Å². The third-order valence-electron chi connectivity index (χ3n) is 3.78. The van der Waals surface area contributed by atoms with Crippen molar-refractivity contribution in [3.8, 4) is 17.2 Å². The number of anilines is 1. The summed E-state index contributed by atoms with van der Waals surface area (Å²) in [4.78, 5) is 12.5. The van der Waals surface area contributed by atoms with E-state index in [1.807, 2.05) is 0 Å². The molecule has 0 saturated carbocycles. The Morgan fingerprint density at radius 1 is 1.10 bits per heavy atom. The quantitative estimate of drug-likeness (QED) is 0.592. The molecule has 1 aromatic heterocycles. The minimum atomic E-state index is -4.93. The Balaban J connectivity index is 1.80. The number of rotatable bonds is 6. The Morgan fingerprint density at radius 2 is 1.77 bits per heavy atom. The number of carbonyl (C=O) groups excluding carboxylic acids is 1. The first kappa shape index (κ1) is 21.0. The Hall–Kier alpha value is -3.70. The highest BCUT2D eigenvalue weighted by Crippen LogP contribution is 2.30. The van der Waals surface area contributed by atoms with Crippen molar-refractivity contribution < 1.29 is 36.2 Å². The summed E-state index contributed by atoms with van der Waals surface area (Å²) in [5.41, 5.74) is 0.317. The van der Waals surface area contributed by atoms with Gasteiger partial charge in [-0.1, -0.05) is 17.3 Å². The maximum atomic E-state index is 12.5. The van der Waals surface area contributed by atoms with Crippen LogP contribution in [-0.4, -0.2) is 33.9 Å². The van der Waals surface area contributed by atoms with Crippen molar-refractivity contribution in [2.24, 2.45) is 0 Å². The number of hydrogen-bond acceptors (Lipinski definition) is 5. The fourth-order valence-electron chi connectivity index (χ4n) is 2.52. The van der Waals surface area contributed by atoms with Gasteiger partial charge in [-0.15, -0.1) is 18.3 Å². The molecule has 0 aliphatic heterocycles. The van der Waals surface area contributed by atoms with E-state index >= 15 is 0 Å². The molecule has 0 unspecified atom stereocenters. The predicted octanol–water partition coefficient (Wildman–Crippen LogP) is 4.33. The highest BCUT2D eigenvalue weighted by Gasteiger charge is 2.32. The number of alkyl halides is 5. The van der Waals surface area contributed by atoms with Crippen LogP contribution in [0.3, 0.4) is 0 Å². The second-order valence-corrected chi connectivity index (χ2v) is 5.81. The molecule has 0 radical (unpaired) electrons. The van der Waals surface area contributed by atoms with Crippen molar-refractivity contribution in [3.63, 3.8) is 0 Å². The lowest BCUT2D eigenvalue weighted by atomic mass is 10.2. The zero-order valence-electron chi connectivity index (χ0n) is 15.2. The third kappa shape index (κ3) is 5.01. The van der Waals surface area contributed by atoms with Crippen LogP contribution in [0.1, 0.15) is 16.2 Å². The Bertz CT molecular complexity index is 1040. The molecule has 0 bridgehead atoms. The van der Waals surface area contributed by atoms with Gasteiger partial charge in [0.05, 0.1) is 17.1 Å². The van der Waals surface area contributed by atoms with Gasteiger partial charge in [-0.2, -0.15) is 8.78 Å². The van der Waals surface area contributed by atoms with Crippen molar-refractivity contribution in [2.45, 2.75) is 19.9 Å². The van der Waals surface area contributed by atoms with Crippen LogP contribution in [0.5, 0.6) is 11.5 Å². The molecule has 1 heterocycles. The molecule has 0 fully saturated rings. The maximum absolute atomic E-state index is 12.5. The smallest absolute Gasteiger partial charge is 0.435 e. The molecule has 158 valence electrons. The standard InChI is InChI=1S/C18H13F5N4O3/c1-10-15(16(28)24-13-4-2-3-5-14(13)30-18(21,22)23)25-26-27(10)11-6-8-12(9-7-11)29-17(19)20/h2-9,17H,1H3,(H,24,28). The highest BCUT2D eigenvalue weighted by molar-refractivity contribution is 6.04. The van der Waals surface area contributed by atoms with Gasteiger partial charge < -0.3 is 14.8 Å². The minimum Gasteiger partial charge on any atom is -0.435 e. The Kier molecular flexibility index (Phi) is 5.85. The van der Waals surface area contributed by atoms with Crippen LogP contribution in [0.25, 0.3) is 5.69 Å². The molecule has 0 aliphatic rings. The van der Waals surface area contributed by atoms with Gasteiger partial charge in [0.2, 0.25) is 0 Å². The van der Waals surface area contributed by atoms with Crippen LogP contribution in [0.15, 0.2) is 48.5 Å². The fraction of sp³-hybridized carbons (Fsp3) is 0.167. The largest absolute Gasteiger partial charge is 0.573 e. The topological polar surface area (TPSA) is 78.3 Å². The van der Waals surface area contributed by atoms with Gasteiger partial charge in [0, 0.05) is 0 Å². The van der Waals surface area contributed by atoms with Gasteiger partial charge in [0.15, 0.2) is 11.4 Å². The lowest BCUT2D eigenvalue weighted by molar-refractivity contribution is -0.274. The van der Waals surface area contributed by atoms with E-state index in [4.69, 9.17) is 0 Å². The average Bonchev–Trinajstić information content (AvgIpc) is 3.04. The molecule has 0 spiro atoms. The first-order valence-corrected chi connectivity index (χ1v) is 8.28. The summed E-state index contributed by atoms with van der Waals surface area (Å²) in [6, 6.07) is 10.4. The van der Waals surface area contributed by atoms with E-state index in [1.165, 1.54) is 54.1 Å². The maximum Gasteiger partial charge on any atom is 0.573 e. The zero-order valence-corrected chi connectivity index (χ0v) is 15.2. The van der Waals surface area contributed by atoms with E-state index in [0.29, 0.717) is 5.69 Å². The molecule has 30 heavy (non-hydrogen) atoms. The van der Waals surface area contributed by atoms with Crippen LogP contribution >= 0.6 is 0 Å². The number of benzene rings is 2. The molecule has 2 aromatic carbocycles. The summed E-state index contributed by atoms with van der Waals surface area (Å²) in [6.45, 7) is -1.46. The van der Waals surface area contributed by atoms with Gasteiger partial charge in [-0.05, 0) is 43.3 Å². The van der Waals surface area contributed by atoms with Gasteiger partial charge in [0.25, 0.3) is 5.91 Å². The molecule has 3 rings (SSSR count). The van der Waals surface area contributed by atoms with E-state index in [1.54, 1.807) is 0 Å². The summed E-state index contributed by atoms with van der Waals surface area (Å²) in [5.74, 6) is -1.46. The van der Waals surface area contributed by atoms with Crippen molar-refractivity contribution >= 4 is 11.6 Å². The van der Waals surface area contributed by atoms with Gasteiger partial charge in [-0.3, -0.25) is 4.79 Å². The van der Waals surface area contributed by atoms with Crippen molar-refractivity contribution in [3.05, 3.63) is 59.9 Å². The molecular formula is C18H13F5N4O3. The van der Waals surface area contributed by atoms with Crippen LogP contribution in [0.4, 0.5) is 27.6 Å². The summed E-state index contributed by atoms with van der Waals surface area (Å²) < 4.78 is 71.4. The first-order chi connectivity index (χ1) is 14.1. The van der Waals surface area contributed by atoms with Crippen LogP contribution in [-0.2, 0) is 0 Å². The average molecular weight is 428 g/mol. The summed E-state index contributed by atoms with van der Waals surface area (Å²) >= 11 is 0. The number of nitrogens with zero attached hydrogens (tertiary/aromatic N) is 3. The second kappa shape index (κ2) is 8.35. The molecule has 12 heteroatoms. The number of para-hydroxylation sites is 2. The van der Waals surface area contributed by atoms with Crippen LogP contribution in [0.2, 0.25) is 0 Å². The number of hydrogen-bond donors (Lipinski definition) is 1. The van der Waals surface area contributed by atoms with Gasteiger partial charge in [0.1, 0.15) is 5.75 Å². The third-order valence-corrected chi connectivity index (χ3v) is 3.78. The van der Waals surface area contributed by atoms with Gasteiger partial charge in [-0.25, -0.2) is 4.68 Å². The van der Waals surface area contributed by atoms with Crippen LogP contribution in [0, 0.1) is 6.92 Å². The highest BCUT2D eigenvalue weighted by atomic mass is 19.4. The molecule has 3 aromatic rings. The lowest BCUT2D eigenvalue weighted by Crippen LogP contribution is -2.20. The number of nitrogens with one attached hydrogen (secondary N) is 1. The van der Waals surface area contributed by atoms with E-state index in [0.717, 1.165) is 6.07 Å². The number of amides is 1. The molecule has 7 nitrogen and oxygen atoms in total. The van der Waals surface area contributed by atoms with E-state index in [9.17, 15) is 26.7 Å². The zero-order chi connectivity index (χ0) is 21.9. The molecule has 1 amide bonds. The second-order valence-electron chi connectivity index (χ2n) is 5.81. The number of halogens is 5. The van der Waals surface area contributed by atoms with E-state index in [2.05, 4.69) is 25.1 Å². The number of ether oxygens (including phenoxy) is 2. The fourth-order valence-corrected chi connectivity index (χ4v) is 2.52. The molecule has 0 aliphatic carbocycles. The normalized spacial score (nSPS) is 11.4. The molecule has 1 N–H and O–H groups in total. The van der Waals surface area contributed by atoms with Gasteiger partial charge >= 0.3 is 13.0 Å². The SMILES string of the molecule is Cc1c(C(=O)Nc2ccccc2OC(F)(F)F)nnn1-c1ccc(OC(F)F)cc1. The summed E-state index contributed by atoms with van der Waals surface area (Å²) in [7, 11) is 0. The molecular weight excluding hydrogens is 415 g/mol. The van der Waals surface area contributed by atoms with Crippen LogP contribution < -0.4 is 14.8 Å². The molecule has 0 atom stereocenters. The first-order valence-electron chi connectivity index (χ1n) is 8.28. The van der Waals surface area contributed by atoms with Crippen molar-refractivity contribution in [2.75, 3.05) is 5.32 Å². The van der Waals surface area contributed by atoms with E-state index < -0.39 is 24.6 Å². The predicted molar refractivity (Wildman–Crippen MR) is 93.8 cm³/mol. The molecule has 0 saturated heterocycles. The summed E-state index contributed by atoms with van der Waals surface area (Å²) in [6.07, 6.45) is -4.93. The number of carbonyl (C=O) groups is 1. The minimum absolute atomic E-state index is 0.0641. The lowest BCUT2D eigenvalue weighted by Gasteiger charge is -2.13. The summed E-state index contributed by atoms with van der Waals surface area (Å²) in [5, 5.41) is 9.88. The van der Waals surface area contributed by atoms with Crippen molar-refractivity contribution in [1.82, 2.24) is 15.0 Å². The monoisotopic (exact) mass is 428 g/mol.